The van der Waals surface area contributed by atoms with E-state index in [-0.39, 0.29) is 6.04 Å². The Morgan fingerprint density at radius 2 is 2.26 bits per heavy atom. The van der Waals surface area contributed by atoms with Crippen LogP contribution in [-0.2, 0) is 12.8 Å². The molecule has 1 atom stereocenters. The molecule has 19 heavy (non-hydrogen) atoms. The van der Waals surface area contributed by atoms with Gasteiger partial charge in [-0.2, -0.15) is 4.37 Å². The average Bonchev–Trinajstić information content (AvgIpc) is 2.80. The fourth-order valence-electron chi connectivity index (χ4n) is 1.72. The molecular weight excluding hydrogens is 276 g/mol. The Balaban J connectivity index is 2.12. The summed E-state index contributed by atoms with van der Waals surface area (Å²) in [7, 11) is 0. The molecule has 2 rings (SSSR count). The molecule has 0 aromatic carbocycles. The van der Waals surface area contributed by atoms with Gasteiger partial charge in [-0.3, -0.25) is 0 Å². The van der Waals surface area contributed by atoms with Crippen molar-refractivity contribution in [3.8, 4) is 0 Å². The topological polar surface area (TPSA) is 64.7 Å². The third-order valence-electron chi connectivity index (χ3n) is 2.59. The van der Waals surface area contributed by atoms with Gasteiger partial charge < -0.3 is 5.73 Å². The summed E-state index contributed by atoms with van der Waals surface area (Å²) in [4.78, 5) is 8.95. The van der Waals surface area contributed by atoms with Crippen LogP contribution in [0.5, 0.6) is 0 Å². The third-order valence-corrected chi connectivity index (χ3v) is 4.50. The van der Waals surface area contributed by atoms with Crippen LogP contribution in [0.3, 0.4) is 0 Å². The predicted octanol–water partition coefficient (Wildman–Crippen LogP) is 2.84. The van der Waals surface area contributed by atoms with E-state index in [1.54, 1.807) is 11.8 Å². The first-order valence-corrected chi connectivity index (χ1v) is 7.89. The Kier molecular flexibility index (Phi) is 4.90. The molecule has 2 N–H and O–H groups in total. The highest BCUT2D eigenvalue weighted by atomic mass is 32.2. The molecular formula is C13H18N4S2. The maximum Gasteiger partial charge on any atom is 0.176 e. The van der Waals surface area contributed by atoms with E-state index in [4.69, 9.17) is 5.73 Å². The van der Waals surface area contributed by atoms with Crippen LogP contribution in [0.1, 0.15) is 30.8 Å². The number of aromatic nitrogens is 3. The number of aryl methyl sites for hydroxylation is 2. The third kappa shape index (κ3) is 3.99. The Labute approximate surface area is 122 Å². The van der Waals surface area contributed by atoms with E-state index in [0.717, 1.165) is 33.6 Å². The van der Waals surface area contributed by atoms with Crippen LogP contribution in [0.25, 0.3) is 0 Å². The molecule has 0 bridgehead atoms. The minimum atomic E-state index is 0.162. The molecule has 102 valence electrons. The zero-order valence-electron chi connectivity index (χ0n) is 11.4. The number of hydrogen-bond donors (Lipinski definition) is 1. The van der Waals surface area contributed by atoms with Gasteiger partial charge in [-0.1, -0.05) is 13.0 Å². The minimum absolute atomic E-state index is 0.162. The summed E-state index contributed by atoms with van der Waals surface area (Å²) in [6, 6.07) is 2.32. The number of hydrogen-bond acceptors (Lipinski definition) is 6. The van der Waals surface area contributed by atoms with Crippen LogP contribution < -0.4 is 5.73 Å². The van der Waals surface area contributed by atoms with Crippen molar-refractivity contribution < 1.29 is 0 Å². The standard InChI is InChI=1S/C13H18N4S2/c1-4-11-16-13(19-17-11)18-12-8(2)5-10(7-15-12)6-9(3)14/h5,7,9H,4,6,14H2,1-3H3. The van der Waals surface area contributed by atoms with Crippen LogP contribution >= 0.6 is 23.3 Å². The first kappa shape index (κ1) is 14.4. The van der Waals surface area contributed by atoms with E-state index in [9.17, 15) is 0 Å². The summed E-state index contributed by atoms with van der Waals surface area (Å²) < 4.78 is 5.23. The molecule has 0 aliphatic rings. The maximum absolute atomic E-state index is 5.80. The van der Waals surface area contributed by atoms with Crippen molar-refractivity contribution in [2.24, 2.45) is 5.73 Å². The van der Waals surface area contributed by atoms with Gasteiger partial charge in [0.2, 0.25) is 0 Å². The fraction of sp³-hybridized carbons (Fsp3) is 0.462. The Morgan fingerprint density at radius 1 is 1.47 bits per heavy atom. The quantitative estimate of drug-likeness (QED) is 0.918. The number of rotatable bonds is 5. The van der Waals surface area contributed by atoms with E-state index in [1.807, 2.05) is 13.1 Å². The minimum Gasteiger partial charge on any atom is -0.328 e. The van der Waals surface area contributed by atoms with E-state index in [1.165, 1.54) is 17.1 Å². The van der Waals surface area contributed by atoms with Gasteiger partial charge in [-0.15, -0.1) is 0 Å². The second-order valence-electron chi connectivity index (χ2n) is 4.58. The van der Waals surface area contributed by atoms with E-state index in [0.29, 0.717) is 0 Å². The second kappa shape index (κ2) is 6.45. The molecule has 6 heteroatoms. The van der Waals surface area contributed by atoms with Gasteiger partial charge in [0.25, 0.3) is 0 Å². The van der Waals surface area contributed by atoms with Gasteiger partial charge >= 0.3 is 0 Å². The van der Waals surface area contributed by atoms with Crippen molar-refractivity contribution >= 4 is 23.3 Å². The number of pyridine rings is 1. The highest BCUT2D eigenvalue weighted by molar-refractivity contribution is 8.00. The normalized spacial score (nSPS) is 12.6. The lowest BCUT2D eigenvalue weighted by Crippen LogP contribution is -2.17. The molecule has 0 fully saturated rings. The van der Waals surface area contributed by atoms with Crippen molar-refractivity contribution in [1.82, 2.24) is 14.3 Å². The van der Waals surface area contributed by atoms with Crippen molar-refractivity contribution in [2.45, 2.75) is 49.0 Å². The summed E-state index contributed by atoms with van der Waals surface area (Å²) in [6.45, 7) is 6.13. The Hall–Kier alpha value is -0.980. The van der Waals surface area contributed by atoms with Crippen LogP contribution in [0, 0.1) is 6.92 Å². The van der Waals surface area contributed by atoms with Gasteiger partial charge in [0.05, 0.1) is 0 Å². The lowest BCUT2D eigenvalue weighted by atomic mass is 10.1. The molecule has 2 aromatic heterocycles. The molecule has 2 aromatic rings. The number of nitrogens with two attached hydrogens (primary N) is 1. The van der Waals surface area contributed by atoms with Gasteiger partial charge in [0, 0.05) is 18.7 Å². The number of nitrogens with zero attached hydrogens (tertiary/aromatic N) is 3. The van der Waals surface area contributed by atoms with E-state index in [2.05, 4.69) is 34.3 Å². The van der Waals surface area contributed by atoms with Gasteiger partial charge in [0.15, 0.2) is 4.34 Å². The summed E-state index contributed by atoms with van der Waals surface area (Å²) in [5, 5.41) is 0.993. The van der Waals surface area contributed by atoms with Crippen molar-refractivity contribution in [2.75, 3.05) is 0 Å². The first-order chi connectivity index (χ1) is 9.08. The SMILES string of the molecule is CCc1nsc(Sc2ncc(CC(C)N)cc2C)n1. The summed E-state index contributed by atoms with van der Waals surface area (Å²) in [6.07, 6.45) is 3.63. The molecule has 0 spiro atoms. The highest BCUT2D eigenvalue weighted by Gasteiger charge is 2.09. The lowest BCUT2D eigenvalue weighted by Gasteiger charge is -2.07. The molecule has 0 aliphatic carbocycles. The van der Waals surface area contributed by atoms with Crippen molar-refractivity contribution in [1.29, 1.82) is 0 Å². The van der Waals surface area contributed by atoms with Gasteiger partial charge in [-0.05, 0) is 54.7 Å². The zero-order chi connectivity index (χ0) is 13.8. The first-order valence-electron chi connectivity index (χ1n) is 6.30. The van der Waals surface area contributed by atoms with Crippen LogP contribution in [0.4, 0.5) is 0 Å². The van der Waals surface area contributed by atoms with Crippen LogP contribution in [-0.4, -0.2) is 20.4 Å². The van der Waals surface area contributed by atoms with Gasteiger partial charge in [-0.25, -0.2) is 9.97 Å². The van der Waals surface area contributed by atoms with Crippen molar-refractivity contribution in [3.05, 3.63) is 29.2 Å². The molecule has 0 saturated heterocycles. The average molecular weight is 294 g/mol. The van der Waals surface area contributed by atoms with E-state index < -0.39 is 0 Å². The van der Waals surface area contributed by atoms with Crippen LogP contribution in [0.15, 0.2) is 21.6 Å². The molecule has 0 radical (unpaired) electrons. The molecule has 0 amide bonds. The molecule has 4 nitrogen and oxygen atoms in total. The largest absolute Gasteiger partial charge is 0.328 e. The Morgan fingerprint density at radius 3 is 2.84 bits per heavy atom. The smallest absolute Gasteiger partial charge is 0.176 e. The van der Waals surface area contributed by atoms with Crippen LogP contribution in [0.2, 0.25) is 0 Å². The van der Waals surface area contributed by atoms with Gasteiger partial charge in [0.1, 0.15) is 10.9 Å². The molecule has 2 heterocycles. The summed E-state index contributed by atoms with van der Waals surface area (Å²) >= 11 is 3.01. The molecule has 1 unspecified atom stereocenters. The Bertz CT molecular complexity index is 551. The molecule has 0 aliphatic heterocycles. The maximum atomic E-state index is 5.80. The second-order valence-corrected chi connectivity index (χ2v) is 6.57. The monoisotopic (exact) mass is 294 g/mol. The molecule has 0 saturated carbocycles. The zero-order valence-corrected chi connectivity index (χ0v) is 13.0. The summed E-state index contributed by atoms with van der Waals surface area (Å²) in [5.41, 5.74) is 8.15. The fourth-order valence-corrected chi connectivity index (χ4v) is 3.36. The lowest BCUT2D eigenvalue weighted by molar-refractivity contribution is 0.733. The summed E-state index contributed by atoms with van der Waals surface area (Å²) in [5.74, 6) is 0.902. The van der Waals surface area contributed by atoms with E-state index >= 15 is 0 Å². The predicted molar refractivity (Wildman–Crippen MR) is 79.7 cm³/mol. The highest BCUT2D eigenvalue weighted by Crippen LogP contribution is 2.30. The van der Waals surface area contributed by atoms with Crippen molar-refractivity contribution in [3.63, 3.8) is 0 Å².